The van der Waals surface area contributed by atoms with Crippen molar-refractivity contribution >= 4 is 23.4 Å². The Bertz CT molecular complexity index is 1510. The lowest BCUT2D eigenvalue weighted by molar-refractivity contribution is -0.154. The number of carbonyl (C=O) groups excluding carboxylic acids is 3. The number of rotatable bonds is 7. The Hall–Kier alpha value is -3.86. The number of hydrogen-bond donors (Lipinski definition) is 8. The summed E-state index contributed by atoms with van der Waals surface area (Å²) in [5.74, 6) is -10.0. The summed E-state index contributed by atoms with van der Waals surface area (Å²) in [6, 6.07) is 2.81. The van der Waals surface area contributed by atoms with E-state index < -0.39 is 87.1 Å². The number of ketones is 2. The number of likely N-dealkylation sites (N-methyl/N-ethyl adjacent to an activating group) is 1. The van der Waals surface area contributed by atoms with Crippen LogP contribution in [0.3, 0.4) is 0 Å². The molecule has 1 amide bonds. The van der Waals surface area contributed by atoms with Crippen LogP contribution in [0.15, 0.2) is 40.9 Å². The number of benzene rings is 1. The second kappa shape index (κ2) is 11.5. The van der Waals surface area contributed by atoms with E-state index in [2.05, 4.69) is 5.32 Å². The van der Waals surface area contributed by atoms with Gasteiger partial charge in [0.05, 0.1) is 23.8 Å². The van der Waals surface area contributed by atoms with Crippen molar-refractivity contribution in [3.8, 4) is 5.75 Å². The largest absolute Gasteiger partial charge is 0.510 e. The minimum atomic E-state index is -2.93. The maximum Gasteiger partial charge on any atom is 0.341 e. The van der Waals surface area contributed by atoms with Crippen LogP contribution in [0.4, 0.5) is 0 Å². The van der Waals surface area contributed by atoms with Crippen LogP contribution in [0.25, 0.3) is 0 Å². The van der Waals surface area contributed by atoms with Gasteiger partial charge in [-0.3, -0.25) is 29.1 Å². The molecule has 1 aliphatic heterocycles. The average molecular weight is 631 g/mol. The molecule has 0 saturated carbocycles. The topological polar surface area (TPSA) is 232 Å². The smallest absolute Gasteiger partial charge is 0.341 e. The Balaban J connectivity index is 1.56. The highest BCUT2D eigenvalue weighted by Gasteiger charge is 2.65. The average Bonchev–Trinajstić information content (AvgIpc) is 2.97. The summed E-state index contributed by atoms with van der Waals surface area (Å²) in [7, 11) is 2.98. The molecule has 0 radical (unpaired) electrons. The lowest BCUT2D eigenvalue weighted by atomic mass is 9.55. The number of fused-ring (bicyclic) bond motifs is 3. The molecule has 1 fully saturated rings. The Morgan fingerprint density at radius 3 is 2.31 bits per heavy atom. The minimum Gasteiger partial charge on any atom is -0.510 e. The van der Waals surface area contributed by atoms with Crippen molar-refractivity contribution in [1.82, 2.24) is 20.0 Å². The number of β-amino-alcohol motifs (C(OH)–C–C–N with tert-alkyl or cyclic N) is 1. The first-order valence-corrected chi connectivity index (χ1v) is 14.6. The highest BCUT2D eigenvalue weighted by molar-refractivity contribution is 6.25. The number of Topliss-reactive ketones (excluding diaryl/α,β-unsaturated/α-hetero) is 2. The van der Waals surface area contributed by atoms with Crippen molar-refractivity contribution in [3.63, 3.8) is 0 Å². The summed E-state index contributed by atoms with van der Waals surface area (Å²) >= 11 is 0. The van der Waals surface area contributed by atoms with Gasteiger partial charge in [-0.2, -0.15) is 0 Å². The molecule has 244 valence electrons. The molecule has 8 N–H and O–H groups in total. The van der Waals surface area contributed by atoms with Crippen LogP contribution in [-0.2, 0) is 20.0 Å². The molecule has 5 rings (SSSR count). The predicted molar refractivity (Wildman–Crippen MR) is 155 cm³/mol. The summed E-state index contributed by atoms with van der Waals surface area (Å²) in [5, 5.41) is 78.6. The third-order valence-electron chi connectivity index (χ3n) is 9.69. The van der Waals surface area contributed by atoms with E-state index in [0.717, 1.165) is 0 Å². The predicted octanol–water partition coefficient (Wildman–Crippen LogP) is -1.56. The van der Waals surface area contributed by atoms with E-state index in [1.807, 2.05) is 4.90 Å². The van der Waals surface area contributed by atoms with Gasteiger partial charge in [0.2, 0.25) is 5.78 Å². The second-order valence-electron chi connectivity index (χ2n) is 12.4. The van der Waals surface area contributed by atoms with E-state index in [1.54, 1.807) is 0 Å². The maximum atomic E-state index is 14.1. The minimum absolute atomic E-state index is 0.0772. The fourth-order valence-corrected chi connectivity index (χ4v) is 7.38. The van der Waals surface area contributed by atoms with Crippen LogP contribution in [0, 0.1) is 11.8 Å². The fourth-order valence-electron chi connectivity index (χ4n) is 7.38. The number of amides is 1. The number of phenols is 1. The van der Waals surface area contributed by atoms with Crippen LogP contribution < -0.4 is 5.32 Å². The molecule has 0 unspecified atom stereocenters. The zero-order chi connectivity index (χ0) is 33.2. The lowest BCUT2D eigenvalue weighted by Gasteiger charge is -2.52. The number of aliphatic carboxylic acids is 1. The number of carboxylic acids is 1. The van der Waals surface area contributed by atoms with Crippen molar-refractivity contribution in [1.29, 1.82) is 0 Å². The molecule has 0 aromatic heterocycles. The monoisotopic (exact) mass is 630 g/mol. The number of aliphatic hydroxyl groups is 5. The summed E-state index contributed by atoms with van der Waals surface area (Å²) in [5.41, 5.74) is -6.51. The SMILES string of the molecule is CN(C)[C@@H]1C(O)=C(C(=O)N[C@H](C(=O)O)N2CCN(CCO)CC2)C(=O)[C@@]2(O)C(O)=C3C(=O)c4c(O)cccc4[C@@](C)(O)[C@H]3C[C@H]12. The lowest BCUT2D eigenvalue weighted by Crippen LogP contribution is -2.66. The zero-order valence-corrected chi connectivity index (χ0v) is 25.1. The van der Waals surface area contributed by atoms with Crippen molar-refractivity contribution in [2.45, 2.75) is 36.8 Å². The molecular formula is C30H38N4O11. The third-order valence-corrected chi connectivity index (χ3v) is 9.69. The van der Waals surface area contributed by atoms with Crippen molar-refractivity contribution in [2.75, 3.05) is 53.4 Å². The van der Waals surface area contributed by atoms with Gasteiger partial charge in [-0.15, -0.1) is 0 Å². The number of nitrogens with one attached hydrogen (secondary N) is 1. The molecule has 4 aliphatic rings. The number of phenolic OH excluding ortho intramolecular Hbond substituents is 1. The highest BCUT2D eigenvalue weighted by atomic mass is 16.4. The van der Waals surface area contributed by atoms with E-state index in [9.17, 15) is 54.9 Å². The first-order chi connectivity index (χ1) is 21.1. The van der Waals surface area contributed by atoms with Gasteiger partial charge in [0, 0.05) is 50.1 Å². The van der Waals surface area contributed by atoms with Gasteiger partial charge >= 0.3 is 5.97 Å². The quantitative estimate of drug-likeness (QED) is 0.159. The van der Waals surface area contributed by atoms with Gasteiger partial charge in [-0.1, -0.05) is 12.1 Å². The first kappa shape index (κ1) is 32.5. The third kappa shape index (κ3) is 4.90. The van der Waals surface area contributed by atoms with Crippen LogP contribution in [0.2, 0.25) is 0 Å². The molecule has 0 spiro atoms. The summed E-state index contributed by atoms with van der Waals surface area (Å²) < 4.78 is 0. The number of hydrogen-bond acceptors (Lipinski definition) is 13. The molecule has 45 heavy (non-hydrogen) atoms. The van der Waals surface area contributed by atoms with Crippen molar-refractivity contribution in [2.24, 2.45) is 11.8 Å². The summed E-state index contributed by atoms with van der Waals surface area (Å²) in [6.07, 6.45) is -1.92. The van der Waals surface area contributed by atoms with Gasteiger partial charge in [-0.05, 0) is 39.1 Å². The van der Waals surface area contributed by atoms with Crippen molar-refractivity contribution in [3.05, 3.63) is 52.0 Å². The molecule has 3 aliphatic carbocycles. The van der Waals surface area contributed by atoms with Gasteiger partial charge in [0.15, 0.2) is 17.6 Å². The molecule has 1 heterocycles. The van der Waals surface area contributed by atoms with E-state index in [-0.39, 0.29) is 37.2 Å². The normalized spacial score (nSPS) is 31.4. The van der Waals surface area contributed by atoms with Crippen LogP contribution in [0.5, 0.6) is 5.75 Å². The standard InChI is InChI=1S/C30H38N4O11/c1-29(44)14-5-4-6-17(36)18(14)22(37)19-15(29)13-16-21(32(2)3)23(38)20(25(40)30(16,45)24(19)39)27(41)31-26(28(42)43)34-9-7-33(8-10-34)11-12-35/h4-6,15-16,21,26,35-36,38-39,44-45H,7-13H2,1-3H3,(H,31,41)(H,42,43)/t15-,16+,21-,26-,29+,30-/m0/s1. The van der Waals surface area contributed by atoms with Gasteiger partial charge < -0.3 is 41.1 Å². The number of carboxylic acid groups (broad SMARTS) is 1. The molecule has 6 atom stereocenters. The van der Waals surface area contributed by atoms with E-state index >= 15 is 0 Å². The number of nitrogens with zero attached hydrogens (tertiary/aromatic N) is 3. The maximum absolute atomic E-state index is 14.1. The van der Waals surface area contributed by atoms with Gasteiger partial charge in [-0.25, -0.2) is 4.79 Å². The zero-order valence-electron chi connectivity index (χ0n) is 25.1. The highest BCUT2D eigenvalue weighted by Crippen LogP contribution is 2.56. The number of aliphatic hydroxyl groups excluding tert-OH is 3. The Morgan fingerprint density at radius 1 is 1.09 bits per heavy atom. The molecule has 15 heteroatoms. The van der Waals surface area contributed by atoms with E-state index in [4.69, 9.17) is 0 Å². The van der Waals surface area contributed by atoms with E-state index in [0.29, 0.717) is 19.6 Å². The molecule has 15 nitrogen and oxygen atoms in total. The van der Waals surface area contributed by atoms with Crippen molar-refractivity contribution < 1.29 is 54.9 Å². The Labute approximate surface area is 258 Å². The number of aromatic hydroxyl groups is 1. The fraction of sp³-hybridized carbons (Fsp3) is 0.533. The Kier molecular flexibility index (Phi) is 8.31. The van der Waals surface area contributed by atoms with Gasteiger partial charge in [0.25, 0.3) is 5.91 Å². The molecule has 1 aromatic carbocycles. The second-order valence-corrected chi connectivity index (χ2v) is 12.4. The van der Waals surface area contributed by atoms with E-state index in [1.165, 1.54) is 49.0 Å². The number of carbonyl (C=O) groups is 4. The number of piperazine rings is 1. The Morgan fingerprint density at radius 2 is 1.73 bits per heavy atom. The molecule has 0 bridgehead atoms. The van der Waals surface area contributed by atoms with Crippen LogP contribution in [0.1, 0.15) is 29.3 Å². The van der Waals surface area contributed by atoms with Crippen LogP contribution in [-0.4, -0.2) is 145 Å². The molecular weight excluding hydrogens is 592 g/mol. The summed E-state index contributed by atoms with van der Waals surface area (Å²) in [4.78, 5) is 58.4. The van der Waals surface area contributed by atoms with Crippen LogP contribution >= 0.6 is 0 Å². The first-order valence-electron chi connectivity index (χ1n) is 14.6. The summed E-state index contributed by atoms with van der Waals surface area (Å²) in [6.45, 7) is 2.89. The molecule has 1 saturated heterocycles. The van der Waals surface area contributed by atoms with Gasteiger partial charge in [0.1, 0.15) is 22.8 Å². The molecule has 1 aromatic rings.